The van der Waals surface area contributed by atoms with Crippen molar-refractivity contribution in [1.29, 1.82) is 5.26 Å². The molecule has 1 amide bonds. The molecule has 0 bridgehead atoms. The van der Waals surface area contributed by atoms with Gasteiger partial charge in [0.1, 0.15) is 6.07 Å². The second-order valence-corrected chi connectivity index (χ2v) is 6.58. The molecule has 0 spiro atoms. The average molecular weight is 385 g/mol. The lowest BCUT2D eigenvalue weighted by Gasteiger charge is -2.14. The molecule has 1 aromatic carbocycles. The van der Waals surface area contributed by atoms with E-state index in [4.69, 9.17) is 14.7 Å². The number of rotatable bonds is 8. The molecule has 1 saturated heterocycles. The Morgan fingerprint density at radius 2 is 2.19 bits per heavy atom. The van der Waals surface area contributed by atoms with Crippen LogP contribution in [0.15, 0.2) is 34.7 Å². The summed E-state index contributed by atoms with van der Waals surface area (Å²) in [6, 6.07) is 5.68. The number of likely N-dealkylation sites (N-methyl/N-ethyl adjacent to an activating group) is 1. The van der Waals surface area contributed by atoms with E-state index in [1.165, 1.54) is 11.8 Å². The molecule has 0 radical (unpaired) electrons. The molecule has 0 aromatic heterocycles. The highest BCUT2D eigenvalue weighted by Crippen LogP contribution is 2.37. The molecule has 1 aromatic rings. The third-order valence-electron chi connectivity index (χ3n) is 3.81. The van der Waals surface area contributed by atoms with Crippen molar-refractivity contribution in [3.63, 3.8) is 0 Å². The molecule has 1 fully saturated rings. The van der Waals surface area contributed by atoms with Gasteiger partial charge >= 0.3 is 0 Å². The molecule has 7 heteroatoms. The van der Waals surface area contributed by atoms with Crippen molar-refractivity contribution < 1.29 is 14.3 Å². The van der Waals surface area contributed by atoms with E-state index in [0.29, 0.717) is 35.9 Å². The lowest BCUT2D eigenvalue weighted by atomic mass is 10.0. The van der Waals surface area contributed by atoms with E-state index in [1.54, 1.807) is 24.2 Å². The quantitative estimate of drug-likeness (QED) is 0.504. The number of hydrogen-bond donors (Lipinski definition) is 0. The first-order valence-electron chi connectivity index (χ1n) is 8.66. The van der Waals surface area contributed by atoms with Crippen molar-refractivity contribution in [3.8, 4) is 17.6 Å². The number of carbonyl (C=O) groups excluding carboxylic acids is 1. The van der Waals surface area contributed by atoms with Gasteiger partial charge in [-0.15, -0.1) is 6.58 Å². The number of nitrogens with zero attached hydrogens (tertiary/aromatic N) is 3. The Hall–Kier alpha value is -2.72. The molecular formula is C20H23N3O3S. The van der Waals surface area contributed by atoms with Crippen LogP contribution in [-0.2, 0) is 11.2 Å². The van der Waals surface area contributed by atoms with Gasteiger partial charge in [-0.1, -0.05) is 6.08 Å². The third kappa shape index (κ3) is 4.72. The maximum atomic E-state index is 12.6. The molecule has 142 valence electrons. The largest absolute Gasteiger partial charge is 0.493 e. The second kappa shape index (κ2) is 9.83. The van der Waals surface area contributed by atoms with E-state index in [2.05, 4.69) is 11.6 Å². The summed E-state index contributed by atoms with van der Waals surface area (Å²) in [4.78, 5) is 19.3. The highest BCUT2D eigenvalue weighted by atomic mass is 32.2. The molecule has 1 aliphatic heterocycles. The molecule has 0 saturated carbocycles. The van der Waals surface area contributed by atoms with E-state index < -0.39 is 0 Å². The number of amides is 1. The van der Waals surface area contributed by atoms with Crippen LogP contribution in [0.5, 0.6) is 11.5 Å². The fourth-order valence-electron chi connectivity index (χ4n) is 2.69. The summed E-state index contributed by atoms with van der Waals surface area (Å²) in [5.41, 5.74) is 1.66. The number of thioether (sulfide) groups is 1. The fraction of sp³-hybridized carbons (Fsp3) is 0.350. The van der Waals surface area contributed by atoms with Crippen molar-refractivity contribution in [2.75, 3.05) is 26.8 Å². The Balaban J connectivity index is 2.46. The first kappa shape index (κ1) is 20.6. The summed E-state index contributed by atoms with van der Waals surface area (Å²) in [5.74, 6) is 0.986. The van der Waals surface area contributed by atoms with Gasteiger partial charge in [-0.05, 0) is 55.8 Å². The Morgan fingerprint density at radius 1 is 1.41 bits per heavy atom. The summed E-state index contributed by atoms with van der Waals surface area (Å²) in [6.07, 6.45) is 4.14. The maximum Gasteiger partial charge on any atom is 0.266 e. The predicted octanol–water partition coefficient (Wildman–Crippen LogP) is 3.64. The van der Waals surface area contributed by atoms with Crippen molar-refractivity contribution in [3.05, 3.63) is 40.8 Å². The van der Waals surface area contributed by atoms with Gasteiger partial charge in [0, 0.05) is 18.7 Å². The number of hydrogen-bond acceptors (Lipinski definition) is 6. The van der Waals surface area contributed by atoms with Crippen molar-refractivity contribution in [2.45, 2.75) is 20.3 Å². The second-order valence-electron chi connectivity index (χ2n) is 5.57. The van der Waals surface area contributed by atoms with Gasteiger partial charge in [0.25, 0.3) is 5.91 Å². The minimum Gasteiger partial charge on any atom is -0.493 e. The van der Waals surface area contributed by atoms with Crippen LogP contribution >= 0.6 is 11.8 Å². The van der Waals surface area contributed by atoms with Crippen LogP contribution in [0.2, 0.25) is 0 Å². The van der Waals surface area contributed by atoms with Crippen LogP contribution < -0.4 is 9.47 Å². The number of carbonyl (C=O) groups is 1. The monoisotopic (exact) mass is 385 g/mol. The topological polar surface area (TPSA) is 74.9 Å². The van der Waals surface area contributed by atoms with Crippen LogP contribution in [0.25, 0.3) is 6.08 Å². The molecule has 2 rings (SSSR count). The van der Waals surface area contributed by atoms with Crippen LogP contribution in [0.1, 0.15) is 25.0 Å². The smallest absolute Gasteiger partial charge is 0.266 e. The van der Waals surface area contributed by atoms with Gasteiger partial charge in [0.15, 0.2) is 23.3 Å². The van der Waals surface area contributed by atoms with Crippen LogP contribution in [0.4, 0.5) is 0 Å². The zero-order valence-corrected chi connectivity index (χ0v) is 16.6. The average Bonchev–Trinajstić information content (AvgIpc) is 2.95. The minimum absolute atomic E-state index is 0.0521. The number of nitriles is 1. The van der Waals surface area contributed by atoms with Crippen LogP contribution in [0, 0.1) is 11.3 Å². The molecule has 27 heavy (non-hydrogen) atoms. The standard InChI is InChI=1S/C20H23N3O3S/c1-5-8-15-11-14(12-16(25-4)18(15)26-10-9-21)13-17-19(24)23(7-3)20(27-17)22-6-2/h5,11-13H,1,6-8,10H2,2-4H3/b17-13-,22-20?. The number of aliphatic imine (C=N–C) groups is 1. The number of amidine groups is 1. The Kier molecular flexibility index (Phi) is 7.50. The van der Waals surface area contributed by atoms with Gasteiger partial charge in [-0.25, -0.2) is 0 Å². The van der Waals surface area contributed by atoms with Gasteiger partial charge in [-0.3, -0.25) is 14.7 Å². The molecule has 0 atom stereocenters. The highest BCUT2D eigenvalue weighted by molar-refractivity contribution is 8.18. The Morgan fingerprint density at radius 3 is 2.78 bits per heavy atom. The summed E-state index contributed by atoms with van der Waals surface area (Å²) in [5, 5.41) is 9.53. The van der Waals surface area contributed by atoms with Gasteiger partial charge in [0.05, 0.1) is 12.0 Å². The maximum absolute atomic E-state index is 12.6. The fourth-order valence-corrected chi connectivity index (χ4v) is 3.79. The predicted molar refractivity (Wildman–Crippen MR) is 109 cm³/mol. The number of methoxy groups -OCH3 is 1. The number of benzene rings is 1. The molecule has 1 heterocycles. The van der Waals surface area contributed by atoms with Crippen molar-refractivity contribution in [1.82, 2.24) is 4.90 Å². The van der Waals surface area contributed by atoms with Crippen LogP contribution in [-0.4, -0.2) is 42.8 Å². The Labute approximate surface area is 164 Å². The van der Waals surface area contributed by atoms with E-state index >= 15 is 0 Å². The third-order valence-corrected chi connectivity index (χ3v) is 4.86. The molecule has 1 aliphatic rings. The lowest BCUT2D eigenvalue weighted by molar-refractivity contribution is -0.122. The SMILES string of the molecule is C=CCc1cc(/C=C2\SC(=NCC)N(CC)C2=O)cc(OC)c1OCC#N. The highest BCUT2D eigenvalue weighted by Gasteiger charge is 2.31. The van der Waals surface area contributed by atoms with Gasteiger partial charge < -0.3 is 9.47 Å². The summed E-state index contributed by atoms with van der Waals surface area (Å²) in [6.45, 7) is 8.78. The summed E-state index contributed by atoms with van der Waals surface area (Å²) in [7, 11) is 1.55. The van der Waals surface area contributed by atoms with E-state index in [-0.39, 0.29) is 12.5 Å². The summed E-state index contributed by atoms with van der Waals surface area (Å²) >= 11 is 1.37. The minimum atomic E-state index is -0.0718. The molecule has 6 nitrogen and oxygen atoms in total. The first-order chi connectivity index (χ1) is 13.1. The number of ether oxygens (including phenoxy) is 2. The molecule has 0 unspecified atom stereocenters. The lowest BCUT2D eigenvalue weighted by Crippen LogP contribution is -2.28. The molecule has 0 aliphatic carbocycles. The summed E-state index contributed by atoms with van der Waals surface area (Å²) < 4.78 is 11.0. The first-order valence-corrected chi connectivity index (χ1v) is 9.48. The van der Waals surface area contributed by atoms with Crippen molar-refractivity contribution >= 4 is 28.9 Å². The van der Waals surface area contributed by atoms with E-state index in [1.807, 2.05) is 32.1 Å². The van der Waals surface area contributed by atoms with Gasteiger partial charge in [0.2, 0.25) is 0 Å². The zero-order valence-electron chi connectivity index (χ0n) is 15.8. The van der Waals surface area contributed by atoms with Gasteiger partial charge in [-0.2, -0.15) is 5.26 Å². The Bertz CT molecular complexity index is 824. The van der Waals surface area contributed by atoms with E-state index in [0.717, 1.165) is 16.3 Å². The van der Waals surface area contributed by atoms with Crippen molar-refractivity contribution in [2.24, 2.45) is 4.99 Å². The zero-order chi connectivity index (χ0) is 19.8. The molecular weight excluding hydrogens is 362 g/mol. The molecule has 0 N–H and O–H groups in total. The van der Waals surface area contributed by atoms with E-state index in [9.17, 15) is 4.79 Å². The number of allylic oxidation sites excluding steroid dienone is 1. The van der Waals surface area contributed by atoms with Crippen LogP contribution in [0.3, 0.4) is 0 Å². The normalized spacial score (nSPS) is 16.7.